The third-order valence-corrected chi connectivity index (χ3v) is 3.53. The molecule has 0 N–H and O–H groups in total. The Balaban J connectivity index is 2.83. The zero-order valence-electron chi connectivity index (χ0n) is 7.06. The van der Waals surface area contributed by atoms with E-state index in [4.69, 9.17) is 11.6 Å². The summed E-state index contributed by atoms with van der Waals surface area (Å²) >= 11 is 7.13. The van der Waals surface area contributed by atoms with E-state index in [1.807, 2.05) is 0 Å². The van der Waals surface area contributed by atoms with E-state index in [1.165, 1.54) is 11.3 Å². The molecule has 0 radical (unpaired) electrons. The van der Waals surface area contributed by atoms with Crippen LogP contribution in [0.25, 0.3) is 10.2 Å². The van der Waals surface area contributed by atoms with E-state index in [-0.39, 0.29) is 10.3 Å². The number of hydrogen-bond donors (Lipinski definition) is 0. The molecule has 0 spiro atoms. The second-order valence-corrected chi connectivity index (χ2v) is 5.87. The van der Waals surface area contributed by atoms with E-state index in [9.17, 15) is 8.42 Å². The van der Waals surface area contributed by atoms with Gasteiger partial charge in [-0.25, -0.2) is 18.4 Å². The fourth-order valence-electron chi connectivity index (χ4n) is 0.967. The second-order valence-electron chi connectivity index (χ2n) is 2.71. The van der Waals surface area contributed by atoms with Gasteiger partial charge < -0.3 is 0 Å². The molecule has 0 amide bonds. The maximum Gasteiger partial charge on any atom is 0.249 e. The molecule has 7 heteroatoms. The van der Waals surface area contributed by atoms with Crippen LogP contribution in [-0.2, 0) is 9.84 Å². The lowest BCUT2D eigenvalue weighted by Crippen LogP contribution is -2.03. The van der Waals surface area contributed by atoms with E-state index in [0.29, 0.717) is 10.2 Å². The van der Waals surface area contributed by atoms with Crippen LogP contribution in [0.3, 0.4) is 0 Å². The van der Waals surface area contributed by atoms with Gasteiger partial charge in [-0.1, -0.05) is 11.6 Å². The maximum atomic E-state index is 11.2. The first-order chi connectivity index (χ1) is 6.48. The van der Waals surface area contributed by atoms with Gasteiger partial charge in [-0.05, 0) is 11.4 Å². The Morgan fingerprint density at radius 2 is 2.14 bits per heavy atom. The van der Waals surface area contributed by atoms with Crippen molar-refractivity contribution in [3.05, 3.63) is 16.6 Å². The van der Waals surface area contributed by atoms with Crippen molar-refractivity contribution < 1.29 is 8.42 Å². The zero-order valence-corrected chi connectivity index (χ0v) is 9.45. The third-order valence-electron chi connectivity index (χ3n) is 1.59. The quantitative estimate of drug-likeness (QED) is 0.570. The Bertz CT molecular complexity index is 591. The van der Waals surface area contributed by atoms with Crippen LogP contribution in [0.2, 0.25) is 5.15 Å². The van der Waals surface area contributed by atoms with Gasteiger partial charge in [0, 0.05) is 11.6 Å². The van der Waals surface area contributed by atoms with Gasteiger partial charge in [-0.3, -0.25) is 0 Å². The monoisotopic (exact) mass is 248 g/mol. The molecule has 2 rings (SSSR count). The fourth-order valence-corrected chi connectivity index (χ4v) is 2.64. The number of rotatable bonds is 1. The average Bonchev–Trinajstić information content (AvgIpc) is 2.50. The maximum absolute atomic E-state index is 11.2. The summed E-state index contributed by atoms with van der Waals surface area (Å²) in [5.41, 5.74) is 0. The van der Waals surface area contributed by atoms with E-state index in [2.05, 4.69) is 9.97 Å². The van der Waals surface area contributed by atoms with Gasteiger partial charge in [-0.15, -0.1) is 11.3 Å². The van der Waals surface area contributed by atoms with Crippen molar-refractivity contribution >= 4 is 43.0 Å². The minimum absolute atomic E-state index is 0.177. The molecule has 0 fully saturated rings. The number of halogens is 1. The number of aromatic nitrogens is 2. The predicted octanol–water partition coefficient (Wildman–Crippen LogP) is 1.75. The SMILES string of the molecule is CS(=O)(=O)c1nc(Cl)c2ccsc2n1. The van der Waals surface area contributed by atoms with Crippen LogP contribution in [0.5, 0.6) is 0 Å². The van der Waals surface area contributed by atoms with Gasteiger partial charge in [0.1, 0.15) is 9.98 Å². The number of sulfone groups is 1. The van der Waals surface area contributed by atoms with Crippen molar-refractivity contribution in [2.45, 2.75) is 5.16 Å². The van der Waals surface area contributed by atoms with Crippen molar-refractivity contribution in [1.29, 1.82) is 0 Å². The minimum Gasteiger partial charge on any atom is -0.221 e. The van der Waals surface area contributed by atoms with Crippen LogP contribution in [0.1, 0.15) is 0 Å². The number of nitrogens with zero attached hydrogens (tertiary/aromatic N) is 2. The summed E-state index contributed by atoms with van der Waals surface area (Å²) in [6.07, 6.45) is 1.05. The zero-order chi connectivity index (χ0) is 10.3. The highest BCUT2D eigenvalue weighted by molar-refractivity contribution is 7.90. The molecule has 0 atom stereocenters. The lowest BCUT2D eigenvalue weighted by atomic mass is 10.4. The third kappa shape index (κ3) is 1.60. The van der Waals surface area contributed by atoms with Gasteiger partial charge in [-0.2, -0.15) is 0 Å². The molecular weight excluding hydrogens is 244 g/mol. The number of thiophene rings is 1. The van der Waals surface area contributed by atoms with Gasteiger partial charge in [0.05, 0.1) is 0 Å². The summed E-state index contributed by atoms with van der Waals surface area (Å²) in [7, 11) is -3.39. The molecule has 0 aromatic carbocycles. The lowest BCUT2D eigenvalue weighted by Gasteiger charge is -1.97. The van der Waals surface area contributed by atoms with Crippen LogP contribution in [0.4, 0.5) is 0 Å². The highest BCUT2D eigenvalue weighted by Crippen LogP contribution is 2.25. The molecule has 0 bridgehead atoms. The summed E-state index contributed by atoms with van der Waals surface area (Å²) in [5.74, 6) is 0. The molecule has 0 aliphatic heterocycles. The van der Waals surface area contributed by atoms with E-state index < -0.39 is 9.84 Å². The Labute approximate surface area is 89.5 Å². The molecule has 2 aromatic heterocycles. The first-order valence-corrected chi connectivity index (χ1v) is 6.74. The number of hydrogen-bond acceptors (Lipinski definition) is 5. The summed E-state index contributed by atoms with van der Waals surface area (Å²) in [4.78, 5) is 8.21. The lowest BCUT2D eigenvalue weighted by molar-refractivity contribution is 0.594. The molecule has 0 unspecified atom stereocenters. The summed E-state index contributed by atoms with van der Waals surface area (Å²) in [6.45, 7) is 0. The van der Waals surface area contributed by atoms with Crippen molar-refractivity contribution in [2.75, 3.05) is 6.26 Å². The Kier molecular flexibility index (Phi) is 2.21. The summed E-state index contributed by atoms with van der Waals surface area (Å²) in [5, 5.41) is 2.43. The summed E-state index contributed by atoms with van der Waals surface area (Å²) in [6, 6.07) is 1.76. The topological polar surface area (TPSA) is 59.9 Å². The normalized spacial score (nSPS) is 12.1. The van der Waals surface area contributed by atoms with Gasteiger partial charge in [0.25, 0.3) is 0 Å². The molecule has 14 heavy (non-hydrogen) atoms. The standard InChI is InChI=1S/C7H5ClN2O2S2/c1-14(11,12)7-9-5(8)4-2-3-13-6(4)10-7/h2-3H,1H3. The smallest absolute Gasteiger partial charge is 0.221 e. The van der Waals surface area contributed by atoms with Crippen molar-refractivity contribution in [3.63, 3.8) is 0 Å². The average molecular weight is 249 g/mol. The van der Waals surface area contributed by atoms with Crippen LogP contribution >= 0.6 is 22.9 Å². The first-order valence-electron chi connectivity index (χ1n) is 3.59. The molecular formula is C7H5ClN2O2S2. The molecule has 2 aromatic rings. The van der Waals surface area contributed by atoms with E-state index in [0.717, 1.165) is 6.26 Å². The largest absolute Gasteiger partial charge is 0.249 e. The van der Waals surface area contributed by atoms with Crippen molar-refractivity contribution in [3.8, 4) is 0 Å². The van der Waals surface area contributed by atoms with Crippen LogP contribution in [0, 0.1) is 0 Å². The van der Waals surface area contributed by atoms with E-state index in [1.54, 1.807) is 11.4 Å². The van der Waals surface area contributed by atoms with Crippen LogP contribution < -0.4 is 0 Å². The second kappa shape index (κ2) is 3.15. The molecule has 4 nitrogen and oxygen atoms in total. The molecule has 74 valence electrons. The Hall–Kier alpha value is -0.720. The Morgan fingerprint density at radius 1 is 1.43 bits per heavy atom. The molecule has 0 saturated carbocycles. The fraction of sp³-hybridized carbons (Fsp3) is 0.143. The van der Waals surface area contributed by atoms with E-state index >= 15 is 0 Å². The minimum atomic E-state index is -3.39. The number of fused-ring (bicyclic) bond motifs is 1. The van der Waals surface area contributed by atoms with Gasteiger partial charge >= 0.3 is 0 Å². The van der Waals surface area contributed by atoms with Crippen molar-refractivity contribution in [2.24, 2.45) is 0 Å². The molecule has 0 aliphatic carbocycles. The highest BCUT2D eigenvalue weighted by atomic mass is 35.5. The molecule has 0 aliphatic rings. The predicted molar refractivity (Wildman–Crippen MR) is 55.5 cm³/mol. The molecule has 2 heterocycles. The molecule has 0 saturated heterocycles. The van der Waals surface area contributed by atoms with Crippen LogP contribution in [0.15, 0.2) is 16.6 Å². The van der Waals surface area contributed by atoms with Crippen molar-refractivity contribution in [1.82, 2.24) is 9.97 Å². The highest BCUT2D eigenvalue weighted by Gasteiger charge is 2.14. The first kappa shape index (κ1) is 9.82. The Morgan fingerprint density at radius 3 is 2.79 bits per heavy atom. The summed E-state index contributed by atoms with van der Waals surface area (Å²) < 4.78 is 22.3. The van der Waals surface area contributed by atoms with Crippen LogP contribution in [-0.4, -0.2) is 24.6 Å². The van der Waals surface area contributed by atoms with Gasteiger partial charge in [0.15, 0.2) is 0 Å². The van der Waals surface area contributed by atoms with Gasteiger partial charge in [0.2, 0.25) is 15.0 Å².